The maximum atomic E-state index is 12.7. The quantitative estimate of drug-likeness (QED) is 0.767. The van der Waals surface area contributed by atoms with Gasteiger partial charge in [-0.05, 0) is 19.8 Å². The number of hydrogen-bond donors (Lipinski definition) is 0. The van der Waals surface area contributed by atoms with Gasteiger partial charge in [-0.2, -0.15) is 0 Å². The molecule has 6 heteroatoms. The Labute approximate surface area is 104 Å². The Morgan fingerprint density at radius 3 is 2.88 bits per heavy atom. The van der Waals surface area contributed by atoms with Crippen LogP contribution in [-0.2, 0) is 0 Å². The van der Waals surface area contributed by atoms with Crippen molar-refractivity contribution in [3.8, 4) is 0 Å². The summed E-state index contributed by atoms with van der Waals surface area (Å²) in [5.41, 5.74) is 0. The van der Waals surface area contributed by atoms with Crippen LogP contribution in [0.5, 0.6) is 0 Å². The van der Waals surface area contributed by atoms with Crippen LogP contribution in [0.4, 0.5) is 14.6 Å². The molecule has 94 valence electrons. The molecule has 0 radical (unpaired) electrons. The van der Waals surface area contributed by atoms with Gasteiger partial charge in [0.15, 0.2) is 0 Å². The number of rotatable bonds is 2. The maximum Gasteiger partial charge on any atom is 0.243 e. The largest absolute Gasteiger partial charge is 0.356 e. The van der Waals surface area contributed by atoms with Crippen LogP contribution in [0.1, 0.15) is 18.7 Å². The predicted octanol–water partition coefficient (Wildman–Crippen LogP) is 2.92. The molecule has 0 saturated carbocycles. The summed E-state index contributed by atoms with van der Waals surface area (Å²) in [5, 5.41) is 0.353. The van der Waals surface area contributed by atoms with E-state index in [1.54, 1.807) is 13.0 Å². The van der Waals surface area contributed by atoms with Gasteiger partial charge in [-0.15, -0.1) is 0 Å². The van der Waals surface area contributed by atoms with Gasteiger partial charge >= 0.3 is 0 Å². The second-order valence-corrected chi connectivity index (χ2v) is 4.67. The molecule has 0 spiro atoms. The van der Waals surface area contributed by atoms with Gasteiger partial charge in [0.1, 0.15) is 16.8 Å². The van der Waals surface area contributed by atoms with E-state index in [-0.39, 0.29) is 0 Å². The SMILES string of the molecule is Cc1nc(Cl)cc(N2CCC[C@H](C(F)F)C2)n1. The first-order valence-corrected chi connectivity index (χ1v) is 5.98. The molecule has 3 nitrogen and oxygen atoms in total. The summed E-state index contributed by atoms with van der Waals surface area (Å²) >= 11 is 5.84. The average molecular weight is 262 g/mol. The lowest BCUT2D eigenvalue weighted by molar-refractivity contribution is 0.0685. The van der Waals surface area contributed by atoms with E-state index in [9.17, 15) is 8.78 Å². The molecule has 0 amide bonds. The highest BCUT2D eigenvalue weighted by Crippen LogP contribution is 2.26. The summed E-state index contributed by atoms with van der Waals surface area (Å²) in [5.74, 6) is 0.636. The highest BCUT2D eigenvalue weighted by atomic mass is 35.5. The molecular formula is C11H14ClF2N3. The third-order valence-corrected chi connectivity index (χ3v) is 3.12. The number of halogens is 3. The van der Waals surface area contributed by atoms with Crippen molar-refractivity contribution in [2.24, 2.45) is 5.92 Å². The van der Waals surface area contributed by atoms with Crippen molar-refractivity contribution in [3.05, 3.63) is 17.0 Å². The van der Waals surface area contributed by atoms with E-state index in [4.69, 9.17) is 11.6 Å². The van der Waals surface area contributed by atoms with Gasteiger partial charge in [0.05, 0.1) is 0 Å². The summed E-state index contributed by atoms with van der Waals surface area (Å²) in [6.07, 6.45) is -0.932. The number of alkyl halides is 2. The second kappa shape index (κ2) is 5.12. The highest BCUT2D eigenvalue weighted by molar-refractivity contribution is 6.29. The van der Waals surface area contributed by atoms with E-state index < -0.39 is 12.3 Å². The molecule has 1 aromatic heterocycles. The minimum Gasteiger partial charge on any atom is -0.356 e. The van der Waals surface area contributed by atoms with Gasteiger partial charge < -0.3 is 4.90 Å². The average Bonchev–Trinajstić information content (AvgIpc) is 2.28. The number of hydrogen-bond acceptors (Lipinski definition) is 3. The van der Waals surface area contributed by atoms with Crippen molar-refractivity contribution in [2.45, 2.75) is 26.2 Å². The van der Waals surface area contributed by atoms with Crippen molar-refractivity contribution in [2.75, 3.05) is 18.0 Å². The topological polar surface area (TPSA) is 29.0 Å². The van der Waals surface area contributed by atoms with Crippen LogP contribution in [-0.4, -0.2) is 29.5 Å². The van der Waals surface area contributed by atoms with Gasteiger partial charge in [0.2, 0.25) is 6.43 Å². The number of piperidine rings is 1. The molecule has 1 aromatic rings. The van der Waals surface area contributed by atoms with Crippen LogP contribution in [0, 0.1) is 12.8 Å². The first-order chi connectivity index (χ1) is 8.06. The summed E-state index contributed by atoms with van der Waals surface area (Å²) in [4.78, 5) is 10.1. The fourth-order valence-corrected chi connectivity index (χ4v) is 2.32. The first-order valence-electron chi connectivity index (χ1n) is 5.60. The lowest BCUT2D eigenvalue weighted by atomic mass is 9.99. The van der Waals surface area contributed by atoms with Gasteiger partial charge in [-0.1, -0.05) is 11.6 Å². The summed E-state index contributed by atoms with van der Waals surface area (Å²) < 4.78 is 25.4. The summed E-state index contributed by atoms with van der Waals surface area (Å²) in [7, 11) is 0. The van der Waals surface area contributed by atoms with Crippen LogP contribution in [0.2, 0.25) is 5.15 Å². The van der Waals surface area contributed by atoms with Gasteiger partial charge in [0, 0.05) is 25.1 Å². The van der Waals surface area contributed by atoms with E-state index >= 15 is 0 Å². The van der Waals surface area contributed by atoms with Crippen molar-refractivity contribution in [1.29, 1.82) is 0 Å². The minimum atomic E-state index is -2.27. The zero-order chi connectivity index (χ0) is 12.4. The molecular weight excluding hydrogens is 248 g/mol. The van der Waals surface area contributed by atoms with Gasteiger partial charge in [-0.25, -0.2) is 18.7 Å². The van der Waals surface area contributed by atoms with Crippen LogP contribution in [0.25, 0.3) is 0 Å². The standard InChI is InChI=1S/C11H14ClF2N3/c1-7-15-9(12)5-10(16-7)17-4-2-3-8(6-17)11(13)14/h5,8,11H,2-4,6H2,1H3/t8-/m0/s1. The molecule has 1 fully saturated rings. The Hall–Kier alpha value is -0.970. The zero-order valence-electron chi connectivity index (χ0n) is 9.54. The highest BCUT2D eigenvalue weighted by Gasteiger charge is 2.27. The Bertz CT molecular complexity index is 380. The molecule has 0 unspecified atom stereocenters. The lowest BCUT2D eigenvalue weighted by Gasteiger charge is -2.33. The molecule has 2 heterocycles. The normalized spacial score (nSPS) is 21.0. The van der Waals surface area contributed by atoms with Crippen LogP contribution >= 0.6 is 11.6 Å². The zero-order valence-corrected chi connectivity index (χ0v) is 10.3. The number of anilines is 1. The molecule has 17 heavy (non-hydrogen) atoms. The van der Waals surface area contributed by atoms with Crippen molar-refractivity contribution in [3.63, 3.8) is 0 Å². The molecule has 1 saturated heterocycles. The van der Waals surface area contributed by atoms with Crippen molar-refractivity contribution in [1.82, 2.24) is 9.97 Å². The second-order valence-electron chi connectivity index (χ2n) is 4.28. The molecule has 0 aromatic carbocycles. The molecule has 1 atom stereocenters. The van der Waals surface area contributed by atoms with Crippen molar-refractivity contribution >= 4 is 17.4 Å². The van der Waals surface area contributed by atoms with E-state index in [1.165, 1.54) is 0 Å². The molecule has 1 aliphatic heterocycles. The van der Waals surface area contributed by atoms with E-state index in [1.807, 2.05) is 4.90 Å². The van der Waals surface area contributed by atoms with Crippen LogP contribution in [0.3, 0.4) is 0 Å². The Morgan fingerprint density at radius 2 is 2.24 bits per heavy atom. The number of aromatic nitrogens is 2. The molecule has 2 rings (SSSR count). The summed E-state index contributed by atoms with van der Waals surface area (Å²) in [6, 6.07) is 1.63. The van der Waals surface area contributed by atoms with Crippen LogP contribution < -0.4 is 4.90 Å². The van der Waals surface area contributed by atoms with Gasteiger partial charge in [0.25, 0.3) is 0 Å². The smallest absolute Gasteiger partial charge is 0.243 e. The maximum absolute atomic E-state index is 12.7. The Balaban J connectivity index is 2.16. The first kappa shape index (κ1) is 12.5. The van der Waals surface area contributed by atoms with Crippen LogP contribution in [0.15, 0.2) is 6.07 Å². The fraction of sp³-hybridized carbons (Fsp3) is 0.636. The van der Waals surface area contributed by atoms with Crippen molar-refractivity contribution < 1.29 is 8.78 Å². The minimum absolute atomic E-state index is 0.338. The third kappa shape index (κ3) is 3.03. The van der Waals surface area contributed by atoms with E-state index in [0.717, 1.165) is 13.0 Å². The Kier molecular flexibility index (Phi) is 3.76. The predicted molar refractivity (Wildman–Crippen MR) is 62.7 cm³/mol. The van der Waals surface area contributed by atoms with Gasteiger partial charge in [-0.3, -0.25) is 0 Å². The Morgan fingerprint density at radius 1 is 1.47 bits per heavy atom. The molecule has 1 aliphatic rings. The lowest BCUT2D eigenvalue weighted by Crippen LogP contribution is -2.38. The van der Waals surface area contributed by atoms with E-state index in [0.29, 0.717) is 29.8 Å². The molecule has 0 N–H and O–H groups in total. The molecule has 0 bridgehead atoms. The third-order valence-electron chi connectivity index (χ3n) is 2.93. The monoisotopic (exact) mass is 261 g/mol. The number of nitrogens with zero attached hydrogens (tertiary/aromatic N) is 3. The summed E-state index contributed by atoms with van der Waals surface area (Å²) in [6.45, 7) is 2.82. The molecule has 0 aliphatic carbocycles. The number of aryl methyl sites for hydroxylation is 1. The van der Waals surface area contributed by atoms with E-state index in [2.05, 4.69) is 9.97 Å². The fourth-order valence-electron chi connectivity index (χ4n) is 2.10.